The summed E-state index contributed by atoms with van der Waals surface area (Å²) in [6.07, 6.45) is 8.57. The molecule has 0 radical (unpaired) electrons. The molecule has 2 N–H and O–H groups in total. The lowest BCUT2D eigenvalue weighted by Crippen LogP contribution is -2.45. The van der Waals surface area contributed by atoms with Crippen LogP contribution in [-0.2, 0) is 6.42 Å². The largest absolute Gasteiger partial charge is 0.507 e. The molecule has 0 unspecified atom stereocenters. The Labute approximate surface area is 145 Å². The molecule has 1 aliphatic carbocycles. The van der Waals surface area contributed by atoms with Gasteiger partial charge < -0.3 is 14.9 Å². The molecule has 1 aromatic carbocycles. The minimum atomic E-state index is -0.260. The van der Waals surface area contributed by atoms with Crippen LogP contribution in [0.1, 0.15) is 69.9 Å². The van der Waals surface area contributed by atoms with Crippen molar-refractivity contribution in [2.75, 3.05) is 6.61 Å². The van der Waals surface area contributed by atoms with Crippen LogP contribution >= 0.6 is 0 Å². The fourth-order valence-corrected chi connectivity index (χ4v) is 4.34. The van der Waals surface area contributed by atoms with E-state index in [0.29, 0.717) is 11.7 Å². The van der Waals surface area contributed by atoms with Gasteiger partial charge in [0.25, 0.3) is 0 Å². The van der Waals surface area contributed by atoms with Gasteiger partial charge in [0, 0.05) is 17.4 Å². The number of aliphatic hydroxyl groups excluding tert-OH is 1. The molecule has 0 saturated heterocycles. The van der Waals surface area contributed by atoms with Gasteiger partial charge in [-0.25, -0.2) is 0 Å². The molecule has 0 amide bonds. The Hall–Kier alpha value is -1.48. The van der Waals surface area contributed by atoms with Crippen LogP contribution < -0.4 is 4.74 Å². The molecule has 1 heterocycles. The number of benzene rings is 1. The van der Waals surface area contributed by atoms with Crippen molar-refractivity contribution in [1.82, 2.24) is 0 Å². The fraction of sp³-hybridized carbons (Fsp3) is 0.619. The molecule has 2 aliphatic rings. The average molecular weight is 330 g/mol. The van der Waals surface area contributed by atoms with Crippen LogP contribution in [0.4, 0.5) is 0 Å². The molecule has 1 aromatic rings. The number of aryl methyl sites for hydroxylation is 1. The number of fused-ring (bicyclic) bond motifs is 3. The third kappa shape index (κ3) is 3.19. The quantitative estimate of drug-likeness (QED) is 0.607. The monoisotopic (exact) mass is 330 g/mol. The first kappa shape index (κ1) is 17.3. The van der Waals surface area contributed by atoms with Crippen LogP contribution in [0.2, 0.25) is 0 Å². The topological polar surface area (TPSA) is 49.7 Å². The number of unbranched alkanes of at least 4 members (excludes halogenated alkanes) is 2. The first-order valence-corrected chi connectivity index (χ1v) is 9.31. The number of phenols is 1. The summed E-state index contributed by atoms with van der Waals surface area (Å²) in [4.78, 5) is 0. The van der Waals surface area contributed by atoms with E-state index in [1.807, 2.05) is 6.07 Å². The van der Waals surface area contributed by atoms with E-state index < -0.39 is 0 Å². The highest BCUT2D eigenvalue weighted by molar-refractivity contribution is 5.54. The van der Waals surface area contributed by atoms with Crippen molar-refractivity contribution in [2.45, 2.75) is 70.8 Å². The lowest BCUT2D eigenvalue weighted by Gasteiger charge is -2.46. The van der Waals surface area contributed by atoms with E-state index in [4.69, 9.17) is 4.74 Å². The van der Waals surface area contributed by atoms with Gasteiger partial charge in [-0.05, 0) is 62.8 Å². The predicted octanol–water partition coefficient (Wildman–Crippen LogP) is 4.71. The summed E-state index contributed by atoms with van der Waals surface area (Å²) in [6.45, 7) is 6.60. The number of aromatic hydroxyl groups is 1. The number of phenolic OH excluding ortho intramolecular Hbond substituents is 1. The van der Waals surface area contributed by atoms with Crippen LogP contribution in [0, 0.1) is 5.92 Å². The molecule has 0 spiro atoms. The fourth-order valence-electron chi connectivity index (χ4n) is 4.34. The van der Waals surface area contributed by atoms with E-state index >= 15 is 0 Å². The Morgan fingerprint density at radius 3 is 2.75 bits per heavy atom. The van der Waals surface area contributed by atoms with E-state index in [0.717, 1.165) is 48.1 Å². The van der Waals surface area contributed by atoms with Gasteiger partial charge in [-0.15, -0.1) is 0 Å². The number of aliphatic hydroxyl groups is 1. The van der Waals surface area contributed by atoms with Gasteiger partial charge in [-0.2, -0.15) is 0 Å². The number of ether oxygens (including phenoxy) is 1. The van der Waals surface area contributed by atoms with Crippen molar-refractivity contribution in [1.29, 1.82) is 0 Å². The van der Waals surface area contributed by atoms with Crippen molar-refractivity contribution in [3.05, 3.63) is 34.9 Å². The van der Waals surface area contributed by atoms with Crippen LogP contribution in [0.15, 0.2) is 23.8 Å². The molecule has 132 valence electrons. The summed E-state index contributed by atoms with van der Waals surface area (Å²) in [5.74, 6) is 1.63. The minimum Gasteiger partial charge on any atom is -0.507 e. The van der Waals surface area contributed by atoms with Crippen LogP contribution in [0.25, 0.3) is 0 Å². The SMILES string of the molecule is CCCCCc1cc(O)c2c(c1)OC(C)(C)[C@@H]1CCC(CO)=C[C@H]21. The zero-order valence-corrected chi connectivity index (χ0v) is 15.1. The van der Waals surface area contributed by atoms with E-state index in [1.165, 1.54) is 12.8 Å². The number of allylic oxidation sites excluding steroid dienone is 1. The van der Waals surface area contributed by atoms with E-state index in [2.05, 4.69) is 32.9 Å². The summed E-state index contributed by atoms with van der Waals surface area (Å²) >= 11 is 0. The maximum atomic E-state index is 10.7. The summed E-state index contributed by atoms with van der Waals surface area (Å²) in [6, 6.07) is 4.03. The second kappa shape index (κ2) is 6.79. The van der Waals surface area contributed by atoms with Gasteiger partial charge in [0.1, 0.15) is 17.1 Å². The van der Waals surface area contributed by atoms with Crippen LogP contribution in [0.3, 0.4) is 0 Å². The molecule has 3 rings (SSSR count). The zero-order chi connectivity index (χ0) is 17.3. The number of hydrogen-bond donors (Lipinski definition) is 2. The molecule has 0 fully saturated rings. The van der Waals surface area contributed by atoms with Crippen molar-refractivity contribution in [3.63, 3.8) is 0 Å². The first-order valence-electron chi connectivity index (χ1n) is 9.31. The summed E-state index contributed by atoms with van der Waals surface area (Å²) in [5, 5.41) is 20.2. The Kier molecular flexibility index (Phi) is 4.91. The molecule has 1 aliphatic heterocycles. The second-order valence-corrected chi connectivity index (χ2v) is 7.84. The summed E-state index contributed by atoms with van der Waals surface area (Å²) < 4.78 is 6.33. The van der Waals surface area contributed by atoms with E-state index in [9.17, 15) is 10.2 Å². The molecule has 0 saturated carbocycles. The van der Waals surface area contributed by atoms with Crippen LogP contribution in [0.5, 0.6) is 11.5 Å². The molecular weight excluding hydrogens is 300 g/mol. The van der Waals surface area contributed by atoms with Gasteiger partial charge >= 0.3 is 0 Å². The van der Waals surface area contributed by atoms with Gasteiger partial charge in [-0.3, -0.25) is 0 Å². The van der Waals surface area contributed by atoms with Crippen molar-refractivity contribution in [3.8, 4) is 11.5 Å². The summed E-state index contributed by atoms with van der Waals surface area (Å²) in [7, 11) is 0. The molecule has 0 aromatic heterocycles. The maximum Gasteiger partial charge on any atom is 0.127 e. The molecule has 3 nitrogen and oxygen atoms in total. The third-order valence-corrected chi connectivity index (χ3v) is 5.68. The Morgan fingerprint density at radius 2 is 2.04 bits per heavy atom. The zero-order valence-electron chi connectivity index (χ0n) is 15.1. The normalized spacial score (nSPS) is 24.6. The molecular formula is C21H30O3. The lowest BCUT2D eigenvalue weighted by atomic mass is 9.68. The van der Waals surface area contributed by atoms with E-state index in [-0.39, 0.29) is 18.1 Å². The van der Waals surface area contributed by atoms with Crippen molar-refractivity contribution >= 4 is 0 Å². The average Bonchev–Trinajstić information content (AvgIpc) is 2.53. The second-order valence-electron chi connectivity index (χ2n) is 7.84. The van der Waals surface area contributed by atoms with Gasteiger partial charge in [0.2, 0.25) is 0 Å². The van der Waals surface area contributed by atoms with Crippen molar-refractivity contribution in [2.24, 2.45) is 5.92 Å². The highest BCUT2D eigenvalue weighted by Crippen LogP contribution is 2.53. The number of hydrogen-bond acceptors (Lipinski definition) is 3. The summed E-state index contributed by atoms with van der Waals surface area (Å²) in [5.41, 5.74) is 2.87. The Morgan fingerprint density at radius 1 is 1.25 bits per heavy atom. The number of rotatable bonds is 5. The highest BCUT2D eigenvalue weighted by Gasteiger charge is 2.45. The third-order valence-electron chi connectivity index (χ3n) is 5.68. The van der Waals surface area contributed by atoms with E-state index in [1.54, 1.807) is 0 Å². The minimum absolute atomic E-state index is 0.107. The highest BCUT2D eigenvalue weighted by atomic mass is 16.5. The Balaban J connectivity index is 1.99. The van der Waals surface area contributed by atoms with Gasteiger partial charge in [0.05, 0.1) is 6.61 Å². The van der Waals surface area contributed by atoms with Gasteiger partial charge in [-0.1, -0.05) is 25.8 Å². The first-order chi connectivity index (χ1) is 11.5. The molecule has 24 heavy (non-hydrogen) atoms. The standard InChI is InChI=1S/C21H30O3/c1-4-5-6-7-14-11-18(23)20-16-10-15(13-22)8-9-17(16)21(2,3)24-19(20)12-14/h10-12,16-17,22-23H,4-9,13H2,1-3H3/t16-,17+/m0/s1. The molecule has 0 bridgehead atoms. The molecule has 3 heteroatoms. The van der Waals surface area contributed by atoms with Crippen LogP contribution in [-0.4, -0.2) is 22.4 Å². The van der Waals surface area contributed by atoms with Gasteiger partial charge in [0.15, 0.2) is 0 Å². The molecule has 2 atom stereocenters. The Bertz CT molecular complexity index is 630. The smallest absolute Gasteiger partial charge is 0.127 e. The maximum absolute atomic E-state index is 10.7. The predicted molar refractivity (Wildman–Crippen MR) is 96.7 cm³/mol. The lowest BCUT2D eigenvalue weighted by molar-refractivity contribution is 0.0100. The van der Waals surface area contributed by atoms with Crippen molar-refractivity contribution < 1.29 is 14.9 Å².